The van der Waals surface area contributed by atoms with Gasteiger partial charge in [-0.05, 0) is 18.6 Å². The Kier molecular flexibility index (Phi) is 4.86. The molecule has 0 fully saturated rings. The van der Waals surface area contributed by atoms with E-state index in [0.717, 1.165) is 17.2 Å². The van der Waals surface area contributed by atoms with Crippen molar-refractivity contribution in [2.45, 2.75) is 13.3 Å². The van der Waals surface area contributed by atoms with E-state index in [-0.39, 0.29) is 5.75 Å². The highest BCUT2D eigenvalue weighted by Crippen LogP contribution is 2.23. The lowest BCUT2D eigenvalue weighted by atomic mass is 10.2. The summed E-state index contributed by atoms with van der Waals surface area (Å²) in [6, 6.07) is 12.9. The average Bonchev–Trinajstić information content (AvgIpc) is 2.62. The van der Waals surface area contributed by atoms with Gasteiger partial charge in [0.05, 0.1) is 19.0 Å². The Balaban J connectivity index is 1.74. The molecule has 2 aromatic carbocycles. The summed E-state index contributed by atoms with van der Waals surface area (Å²) < 4.78 is 5.47. The maximum absolute atomic E-state index is 10.0. The molecule has 0 bridgehead atoms. The Hall–Kier alpha value is -3.15. The van der Waals surface area contributed by atoms with Crippen molar-refractivity contribution < 1.29 is 9.84 Å². The van der Waals surface area contributed by atoms with Gasteiger partial charge in [0.2, 0.25) is 0 Å². The van der Waals surface area contributed by atoms with E-state index in [0.29, 0.717) is 23.7 Å². The highest BCUT2D eigenvalue weighted by atomic mass is 16.5. The van der Waals surface area contributed by atoms with Gasteiger partial charge in [0, 0.05) is 22.4 Å². The fraction of sp³-hybridized carbons (Fsp3) is 0.167. The number of nitrogens with zero attached hydrogens (tertiary/aromatic N) is 3. The summed E-state index contributed by atoms with van der Waals surface area (Å²) in [7, 11) is 0. The second kappa shape index (κ2) is 7.41. The van der Waals surface area contributed by atoms with E-state index in [1.54, 1.807) is 24.4 Å². The Morgan fingerprint density at radius 3 is 2.96 bits per heavy atom. The van der Waals surface area contributed by atoms with Gasteiger partial charge in [-0.25, -0.2) is 0 Å². The van der Waals surface area contributed by atoms with Gasteiger partial charge < -0.3 is 9.84 Å². The van der Waals surface area contributed by atoms with E-state index in [1.165, 1.54) is 6.21 Å². The molecule has 0 unspecified atom stereocenters. The number of anilines is 1. The number of hydrazone groups is 1. The van der Waals surface area contributed by atoms with Crippen LogP contribution in [0, 0.1) is 0 Å². The van der Waals surface area contributed by atoms with E-state index in [4.69, 9.17) is 4.74 Å². The number of phenolic OH excluding ortho intramolecular Hbond substituents is 1. The van der Waals surface area contributed by atoms with Crippen molar-refractivity contribution in [3.8, 4) is 11.5 Å². The summed E-state index contributed by atoms with van der Waals surface area (Å²) in [5.74, 6) is 1.31. The Bertz CT molecular complexity index is 859. The maximum Gasteiger partial charge on any atom is 0.176 e. The number of benzene rings is 2. The lowest BCUT2D eigenvalue weighted by molar-refractivity contribution is 0.315. The van der Waals surface area contributed by atoms with Crippen LogP contribution in [0.25, 0.3) is 10.8 Å². The molecule has 24 heavy (non-hydrogen) atoms. The normalized spacial score (nSPS) is 11.0. The van der Waals surface area contributed by atoms with Gasteiger partial charge in [-0.3, -0.25) is 5.43 Å². The molecule has 2 N–H and O–H groups in total. The van der Waals surface area contributed by atoms with Gasteiger partial charge in [-0.2, -0.15) is 10.2 Å². The van der Waals surface area contributed by atoms with Crippen LogP contribution in [-0.4, -0.2) is 28.1 Å². The monoisotopic (exact) mass is 322 g/mol. The van der Waals surface area contributed by atoms with Gasteiger partial charge in [0.15, 0.2) is 5.82 Å². The van der Waals surface area contributed by atoms with Crippen LogP contribution in [0.3, 0.4) is 0 Å². The molecule has 0 aliphatic heterocycles. The first-order chi connectivity index (χ1) is 11.8. The number of rotatable bonds is 6. The second-order valence-corrected chi connectivity index (χ2v) is 5.22. The third kappa shape index (κ3) is 3.60. The highest BCUT2D eigenvalue weighted by molar-refractivity contribution is 5.91. The van der Waals surface area contributed by atoms with Gasteiger partial charge in [-0.15, -0.1) is 5.10 Å². The quantitative estimate of drug-likeness (QED) is 0.536. The number of hydrogen-bond donors (Lipinski definition) is 2. The zero-order valence-corrected chi connectivity index (χ0v) is 13.3. The summed E-state index contributed by atoms with van der Waals surface area (Å²) in [6.07, 6.45) is 4.15. The van der Waals surface area contributed by atoms with E-state index < -0.39 is 0 Å². The molecule has 0 radical (unpaired) electrons. The van der Waals surface area contributed by atoms with E-state index >= 15 is 0 Å². The fourth-order valence-corrected chi connectivity index (χ4v) is 2.22. The van der Waals surface area contributed by atoms with Crippen molar-refractivity contribution >= 4 is 22.8 Å². The topological polar surface area (TPSA) is 79.6 Å². The molecule has 0 atom stereocenters. The molecule has 122 valence electrons. The molecule has 0 aliphatic rings. The Labute approximate surface area is 139 Å². The van der Waals surface area contributed by atoms with Crippen LogP contribution in [0.4, 0.5) is 5.82 Å². The predicted octanol–water partition coefficient (Wildman–Crippen LogP) is 3.57. The molecule has 0 amide bonds. The molecule has 6 nitrogen and oxygen atoms in total. The van der Waals surface area contributed by atoms with Gasteiger partial charge >= 0.3 is 0 Å². The zero-order valence-electron chi connectivity index (χ0n) is 13.3. The highest BCUT2D eigenvalue weighted by Gasteiger charge is 2.03. The predicted molar refractivity (Wildman–Crippen MR) is 94.6 cm³/mol. The lowest BCUT2D eigenvalue weighted by Crippen LogP contribution is -1.97. The summed E-state index contributed by atoms with van der Waals surface area (Å²) in [5, 5.41) is 24.1. The Morgan fingerprint density at radius 1 is 1.25 bits per heavy atom. The molecule has 1 heterocycles. The summed E-state index contributed by atoms with van der Waals surface area (Å²) >= 11 is 0. The Morgan fingerprint density at radius 2 is 2.12 bits per heavy atom. The molecular weight excluding hydrogens is 304 g/mol. The van der Waals surface area contributed by atoms with Crippen molar-refractivity contribution in [2.75, 3.05) is 12.0 Å². The van der Waals surface area contributed by atoms with E-state index in [1.807, 2.05) is 31.2 Å². The molecular formula is C18H18N4O2. The first-order valence-electron chi connectivity index (χ1n) is 7.73. The minimum absolute atomic E-state index is 0.109. The minimum atomic E-state index is 0.109. The summed E-state index contributed by atoms with van der Waals surface area (Å²) in [5.41, 5.74) is 3.45. The number of phenols is 1. The fourth-order valence-electron chi connectivity index (χ4n) is 2.22. The number of ether oxygens (including phenoxy) is 1. The van der Waals surface area contributed by atoms with Gasteiger partial charge in [0.25, 0.3) is 0 Å². The third-order valence-corrected chi connectivity index (χ3v) is 3.42. The van der Waals surface area contributed by atoms with Crippen LogP contribution in [0.1, 0.15) is 18.9 Å². The molecule has 0 saturated heterocycles. The molecule has 6 heteroatoms. The van der Waals surface area contributed by atoms with E-state index in [2.05, 4.69) is 20.7 Å². The van der Waals surface area contributed by atoms with Crippen LogP contribution in [-0.2, 0) is 0 Å². The number of nitrogens with one attached hydrogen (secondary N) is 1. The third-order valence-electron chi connectivity index (χ3n) is 3.42. The van der Waals surface area contributed by atoms with E-state index in [9.17, 15) is 5.11 Å². The smallest absolute Gasteiger partial charge is 0.176 e. The number of aromatic nitrogens is 2. The molecule has 3 aromatic rings. The van der Waals surface area contributed by atoms with Crippen LogP contribution in [0.2, 0.25) is 0 Å². The zero-order chi connectivity index (χ0) is 16.8. The largest absolute Gasteiger partial charge is 0.507 e. The van der Waals surface area contributed by atoms with Crippen molar-refractivity contribution in [1.82, 2.24) is 10.2 Å². The van der Waals surface area contributed by atoms with Gasteiger partial charge in [0.1, 0.15) is 11.5 Å². The van der Waals surface area contributed by atoms with Crippen molar-refractivity contribution in [3.63, 3.8) is 0 Å². The van der Waals surface area contributed by atoms with Crippen LogP contribution >= 0.6 is 0 Å². The minimum Gasteiger partial charge on any atom is -0.507 e. The molecule has 1 aromatic heterocycles. The van der Waals surface area contributed by atoms with Crippen molar-refractivity contribution in [3.05, 3.63) is 54.2 Å². The number of hydrogen-bond acceptors (Lipinski definition) is 6. The van der Waals surface area contributed by atoms with Crippen LogP contribution in [0.5, 0.6) is 11.5 Å². The molecule has 0 aliphatic carbocycles. The van der Waals surface area contributed by atoms with Gasteiger partial charge in [-0.1, -0.05) is 31.2 Å². The summed E-state index contributed by atoms with van der Waals surface area (Å²) in [6.45, 7) is 2.65. The molecule has 0 saturated carbocycles. The first kappa shape index (κ1) is 15.7. The standard InChI is InChI=1S/C18H18N4O2/c1-2-9-24-15-8-7-14(17(23)10-15)12-20-22-18-16-6-4-3-5-13(16)11-19-21-18/h3-8,10-12,23H,2,9H2,1H3,(H,21,22)/b20-12+. The summed E-state index contributed by atoms with van der Waals surface area (Å²) in [4.78, 5) is 0. The average molecular weight is 322 g/mol. The number of aromatic hydroxyl groups is 1. The SMILES string of the molecule is CCCOc1ccc(/C=N/Nc2nncc3ccccc23)c(O)c1. The van der Waals surface area contributed by atoms with Crippen LogP contribution in [0.15, 0.2) is 53.8 Å². The number of fused-ring (bicyclic) bond motifs is 1. The molecule has 0 spiro atoms. The van der Waals surface area contributed by atoms with Crippen LogP contribution < -0.4 is 10.2 Å². The van der Waals surface area contributed by atoms with Crippen molar-refractivity contribution in [2.24, 2.45) is 5.10 Å². The lowest BCUT2D eigenvalue weighted by Gasteiger charge is -2.06. The second-order valence-electron chi connectivity index (χ2n) is 5.22. The maximum atomic E-state index is 10.0. The van der Waals surface area contributed by atoms with Crippen molar-refractivity contribution in [1.29, 1.82) is 0 Å². The molecule has 3 rings (SSSR count). The first-order valence-corrected chi connectivity index (χ1v) is 7.73.